The molecule has 0 aliphatic heterocycles. The second kappa shape index (κ2) is 3.39. The molecule has 2 aromatic rings. The van der Waals surface area contributed by atoms with E-state index in [9.17, 15) is 4.79 Å². The van der Waals surface area contributed by atoms with Gasteiger partial charge in [0.05, 0.1) is 12.7 Å². The van der Waals surface area contributed by atoms with E-state index >= 15 is 0 Å². The van der Waals surface area contributed by atoms with Gasteiger partial charge in [0.25, 0.3) is 0 Å². The van der Waals surface area contributed by atoms with E-state index in [0.717, 1.165) is 0 Å². The summed E-state index contributed by atoms with van der Waals surface area (Å²) in [5, 5.41) is 16.3. The van der Waals surface area contributed by atoms with Gasteiger partial charge in [-0.05, 0) is 6.07 Å². The molecule has 0 fully saturated rings. The number of hydrogen-bond donors (Lipinski definition) is 1. The van der Waals surface area contributed by atoms with Crippen LogP contribution < -0.4 is 4.74 Å². The Bertz CT molecular complexity index is 537. The van der Waals surface area contributed by atoms with Crippen LogP contribution >= 0.6 is 11.6 Å². The maximum absolute atomic E-state index is 10.8. The number of fused-ring (bicyclic) bond motifs is 1. The predicted octanol–water partition coefficient (Wildman–Crippen LogP) is 1.09. The highest BCUT2D eigenvalue weighted by atomic mass is 35.5. The summed E-state index contributed by atoms with van der Waals surface area (Å²) in [4.78, 5) is 10.8. The first kappa shape index (κ1) is 9.72. The monoisotopic (exact) mass is 227 g/mol. The minimum atomic E-state index is -1.11. The Balaban J connectivity index is 2.75. The molecule has 0 amide bonds. The van der Waals surface area contributed by atoms with Crippen LogP contribution in [0.2, 0.25) is 5.02 Å². The lowest BCUT2D eigenvalue weighted by molar-refractivity contribution is 0.0697. The molecule has 0 bridgehead atoms. The average Bonchev–Trinajstić information content (AvgIpc) is 2.61. The molecule has 2 rings (SSSR count). The van der Waals surface area contributed by atoms with Gasteiger partial charge in [0.1, 0.15) is 5.02 Å². The summed E-state index contributed by atoms with van der Waals surface area (Å²) in [6.45, 7) is 0. The van der Waals surface area contributed by atoms with Gasteiger partial charge in [-0.3, -0.25) is 4.40 Å². The molecule has 0 aliphatic carbocycles. The fourth-order valence-corrected chi connectivity index (χ4v) is 1.48. The number of halogens is 1. The zero-order valence-electron chi connectivity index (χ0n) is 7.64. The van der Waals surface area contributed by atoms with Crippen LogP contribution in [0.15, 0.2) is 12.3 Å². The summed E-state index contributed by atoms with van der Waals surface area (Å²) in [6, 6.07) is 1.62. The molecule has 78 valence electrons. The van der Waals surface area contributed by atoms with Gasteiger partial charge in [0.2, 0.25) is 0 Å². The Morgan fingerprint density at radius 2 is 2.33 bits per heavy atom. The second-order valence-corrected chi connectivity index (χ2v) is 3.11. The van der Waals surface area contributed by atoms with E-state index in [1.807, 2.05) is 0 Å². The number of carboxylic acids is 1. The number of hydrogen-bond acceptors (Lipinski definition) is 4. The standard InChI is InChI=1S/C8H6ClN3O3/c1-15-8-11-10-6-5(9)4(7(13)14)2-3-12(6)8/h2-3H,1H3,(H,13,14). The van der Waals surface area contributed by atoms with Crippen molar-refractivity contribution in [1.29, 1.82) is 0 Å². The highest BCUT2D eigenvalue weighted by Crippen LogP contribution is 2.23. The lowest BCUT2D eigenvalue weighted by Crippen LogP contribution is -2.00. The van der Waals surface area contributed by atoms with E-state index in [-0.39, 0.29) is 22.2 Å². The molecular weight excluding hydrogens is 222 g/mol. The van der Waals surface area contributed by atoms with E-state index in [4.69, 9.17) is 21.4 Å². The Kier molecular flexibility index (Phi) is 2.20. The zero-order valence-corrected chi connectivity index (χ0v) is 8.39. The van der Waals surface area contributed by atoms with Gasteiger partial charge in [-0.2, -0.15) is 0 Å². The van der Waals surface area contributed by atoms with Crippen LogP contribution in [0.3, 0.4) is 0 Å². The van der Waals surface area contributed by atoms with Crippen molar-refractivity contribution in [3.8, 4) is 6.01 Å². The topological polar surface area (TPSA) is 76.7 Å². The minimum absolute atomic E-state index is 0.0146. The number of carboxylic acid groups (broad SMARTS) is 1. The SMILES string of the molecule is COc1nnc2c(Cl)c(C(=O)O)ccn12. The molecule has 2 aromatic heterocycles. The maximum atomic E-state index is 10.8. The molecule has 0 aromatic carbocycles. The predicted molar refractivity (Wildman–Crippen MR) is 51.5 cm³/mol. The highest BCUT2D eigenvalue weighted by molar-refractivity contribution is 6.36. The summed E-state index contributed by atoms with van der Waals surface area (Å²) < 4.78 is 6.37. The smallest absolute Gasteiger partial charge is 0.337 e. The first-order valence-electron chi connectivity index (χ1n) is 3.95. The largest absolute Gasteiger partial charge is 0.478 e. The molecular formula is C8H6ClN3O3. The molecule has 0 atom stereocenters. The van der Waals surface area contributed by atoms with Crippen LogP contribution in [0.4, 0.5) is 0 Å². The lowest BCUT2D eigenvalue weighted by atomic mass is 10.2. The van der Waals surface area contributed by atoms with Gasteiger partial charge in [0.15, 0.2) is 5.65 Å². The van der Waals surface area contributed by atoms with Crippen molar-refractivity contribution in [3.63, 3.8) is 0 Å². The zero-order chi connectivity index (χ0) is 11.0. The third-order valence-corrected chi connectivity index (χ3v) is 2.27. The van der Waals surface area contributed by atoms with Gasteiger partial charge >= 0.3 is 12.0 Å². The number of ether oxygens (including phenoxy) is 1. The van der Waals surface area contributed by atoms with Crippen molar-refractivity contribution in [1.82, 2.24) is 14.6 Å². The fraction of sp³-hybridized carbons (Fsp3) is 0.125. The van der Waals surface area contributed by atoms with E-state index < -0.39 is 5.97 Å². The Morgan fingerprint density at radius 1 is 1.60 bits per heavy atom. The molecule has 7 heteroatoms. The Morgan fingerprint density at radius 3 is 2.93 bits per heavy atom. The molecule has 6 nitrogen and oxygen atoms in total. The van der Waals surface area contributed by atoms with Gasteiger partial charge in [-0.15, -0.1) is 5.10 Å². The van der Waals surface area contributed by atoms with Gasteiger partial charge in [-0.25, -0.2) is 4.79 Å². The first-order chi connectivity index (χ1) is 7.15. The third kappa shape index (κ3) is 1.39. The van der Waals surface area contributed by atoms with Crippen molar-refractivity contribution in [3.05, 3.63) is 22.8 Å². The van der Waals surface area contributed by atoms with Crippen LogP contribution in [-0.4, -0.2) is 32.8 Å². The van der Waals surface area contributed by atoms with Crippen molar-refractivity contribution >= 4 is 23.2 Å². The number of methoxy groups -OCH3 is 1. The Labute approximate surface area is 89.1 Å². The molecule has 0 radical (unpaired) electrons. The van der Waals surface area contributed by atoms with Crippen LogP contribution in [0, 0.1) is 0 Å². The normalized spacial score (nSPS) is 10.5. The van der Waals surface area contributed by atoms with Crippen molar-refractivity contribution in [2.24, 2.45) is 0 Å². The number of aromatic nitrogens is 3. The Hall–Kier alpha value is -1.82. The first-order valence-corrected chi connectivity index (χ1v) is 4.33. The van der Waals surface area contributed by atoms with Crippen LogP contribution in [0.25, 0.3) is 5.65 Å². The number of rotatable bonds is 2. The van der Waals surface area contributed by atoms with Crippen molar-refractivity contribution < 1.29 is 14.6 Å². The lowest BCUT2D eigenvalue weighted by Gasteiger charge is -2.01. The average molecular weight is 228 g/mol. The number of aromatic carboxylic acids is 1. The van der Waals surface area contributed by atoms with E-state index in [1.54, 1.807) is 0 Å². The van der Waals surface area contributed by atoms with Gasteiger partial charge in [0, 0.05) is 6.20 Å². The number of carbonyl (C=O) groups is 1. The summed E-state index contributed by atoms with van der Waals surface area (Å²) in [6.07, 6.45) is 1.49. The van der Waals surface area contributed by atoms with Crippen LogP contribution in [0.5, 0.6) is 6.01 Å². The van der Waals surface area contributed by atoms with Crippen LogP contribution in [-0.2, 0) is 0 Å². The third-order valence-electron chi connectivity index (χ3n) is 1.90. The van der Waals surface area contributed by atoms with E-state index in [2.05, 4.69) is 10.2 Å². The maximum Gasteiger partial charge on any atom is 0.337 e. The molecule has 0 saturated carbocycles. The second-order valence-electron chi connectivity index (χ2n) is 2.73. The summed E-state index contributed by atoms with van der Waals surface area (Å²) in [5.74, 6) is -1.11. The number of nitrogens with zero attached hydrogens (tertiary/aromatic N) is 3. The molecule has 0 spiro atoms. The molecule has 0 saturated heterocycles. The van der Waals surface area contributed by atoms with Crippen molar-refractivity contribution in [2.75, 3.05) is 7.11 Å². The molecule has 15 heavy (non-hydrogen) atoms. The molecule has 1 N–H and O–H groups in total. The number of pyridine rings is 1. The summed E-state index contributed by atoms with van der Waals surface area (Å²) >= 11 is 5.85. The van der Waals surface area contributed by atoms with E-state index in [1.165, 1.54) is 23.8 Å². The summed E-state index contributed by atoms with van der Waals surface area (Å²) in [7, 11) is 1.44. The van der Waals surface area contributed by atoms with Gasteiger partial charge in [-0.1, -0.05) is 16.7 Å². The quantitative estimate of drug-likeness (QED) is 0.831. The molecule has 0 unspecified atom stereocenters. The van der Waals surface area contributed by atoms with Crippen LogP contribution in [0.1, 0.15) is 10.4 Å². The molecule has 2 heterocycles. The van der Waals surface area contributed by atoms with E-state index in [0.29, 0.717) is 0 Å². The van der Waals surface area contributed by atoms with Gasteiger partial charge < -0.3 is 9.84 Å². The fourth-order valence-electron chi connectivity index (χ4n) is 1.21. The minimum Gasteiger partial charge on any atom is -0.478 e. The molecule has 0 aliphatic rings. The highest BCUT2D eigenvalue weighted by Gasteiger charge is 2.15. The van der Waals surface area contributed by atoms with Crippen molar-refractivity contribution in [2.45, 2.75) is 0 Å². The summed E-state index contributed by atoms with van der Waals surface area (Å²) in [5.41, 5.74) is 0.243.